The van der Waals surface area contributed by atoms with E-state index < -0.39 is 97.5 Å². The Morgan fingerprint density at radius 1 is 0.243 bits per heavy atom. The number of rotatable bonds is 81. The maximum Gasteiger partial charge on any atom is 0.472 e. The minimum Gasteiger partial charge on any atom is -0.462 e. The zero-order valence-electron chi connectivity index (χ0n) is 68.0. The predicted molar refractivity (Wildman–Crippen MR) is 423 cm³/mol. The molecule has 612 valence electrons. The van der Waals surface area contributed by atoms with Crippen LogP contribution in [-0.2, 0) is 65.4 Å². The molecule has 0 spiro atoms. The number of aliphatic hydroxyl groups is 1. The molecule has 3 N–H and O–H groups in total. The third-order valence-electron chi connectivity index (χ3n) is 19.6. The lowest BCUT2D eigenvalue weighted by molar-refractivity contribution is -0.161. The minimum absolute atomic E-state index is 0.105. The summed E-state index contributed by atoms with van der Waals surface area (Å²) in [5, 5.41) is 10.7. The van der Waals surface area contributed by atoms with Gasteiger partial charge in [-0.3, -0.25) is 37.3 Å². The van der Waals surface area contributed by atoms with Crippen LogP contribution in [0.4, 0.5) is 0 Å². The molecule has 0 bridgehead atoms. The first-order valence-corrected chi connectivity index (χ1v) is 46.2. The van der Waals surface area contributed by atoms with Crippen molar-refractivity contribution in [2.45, 2.75) is 453 Å². The van der Waals surface area contributed by atoms with Gasteiger partial charge in [-0.15, -0.1) is 0 Å². The van der Waals surface area contributed by atoms with Crippen molar-refractivity contribution in [1.29, 1.82) is 0 Å². The molecule has 0 aliphatic carbocycles. The number of phosphoric acid groups is 2. The normalized spacial score (nSPS) is 14.0. The fourth-order valence-electron chi connectivity index (χ4n) is 13.0. The largest absolute Gasteiger partial charge is 0.472 e. The lowest BCUT2D eigenvalue weighted by atomic mass is 10.0. The van der Waals surface area contributed by atoms with Crippen molar-refractivity contribution in [3.8, 4) is 0 Å². The molecule has 0 saturated heterocycles. The molecule has 0 aromatic rings. The smallest absolute Gasteiger partial charge is 0.462 e. The van der Waals surface area contributed by atoms with Gasteiger partial charge in [0.2, 0.25) is 0 Å². The Balaban J connectivity index is 5.22. The van der Waals surface area contributed by atoms with Gasteiger partial charge in [-0.25, -0.2) is 9.13 Å². The standard InChI is InChI=1S/C84H164O17P2/c1-74(2)60-52-44-36-29-23-19-15-11-9-10-12-18-22-26-33-41-50-58-66-83(88)100-79(70-94-81(86)64-56-48-40-32-25-21-17-14-13-16-20-24-30-37-45-53-61-75(3)4)72-98-102(90,91)96-68-78(85)69-97-103(92,93)99-73-80(71-95-82(87)65-57-49-43-35-39-47-55-63-77(7)8)101-84(89)67-59-51-42-34-28-27-31-38-46-54-62-76(5)6/h74-80,85H,9-73H2,1-8H3,(H,90,91)(H,92,93)/t78?,79-,80-/m1/s1. The number of unbranched alkanes of at least 4 members (excludes halogenated alkanes) is 47. The highest BCUT2D eigenvalue weighted by atomic mass is 31.2. The van der Waals surface area contributed by atoms with Crippen molar-refractivity contribution in [2.24, 2.45) is 23.7 Å². The van der Waals surface area contributed by atoms with Gasteiger partial charge in [0.25, 0.3) is 0 Å². The molecule has 5 atom stereocenters. The molecule has 19 heteroatoms. The molecule has 0 aromatic carbocycles. The molecule has 0 rings (SSSR count). The second-order valence-corrected chi connectivity index (χ2v) is 35.0. The first kappa shape index (κ1) is 101. The number of hydrogen-bond donors (Lipinski definition) is 3. The van der Waals surface area contributed by atoms with Gasteiger partial charge in [0.15, 0.2) is 12.2 Å². The quantitative estimate of drug-likeness (QED) is 0.0222. The highest BCUT2D eigenvalue weighted by Gasteiger charge is 2.30. The number of carbonyl (C=O) groups excluding carboxylic acids is 4. The van der Waals surface area contributed by atoms with Crippen LogP contribution in [0, 0.1) is 23.7 Å². The second-order valence-electron chi connectivity index (χ2n) is 32.1. The Morgan fingerprint density at radius 2 is 0.408 bits per heavy atom. The van der Waals surface area contributed by atoms with E-state index in [9.17, 15) is 43.2 Å². The number of hydrogen-bond acceptors (Lipinski definition) is 15. The number of phosphoric ester groups is 2. The fraction of sp³-hybridized carbons (Fsp3) is 0.952. The van der Waals surface area contributed by atoms with Crippen molar-refractivity contribution in [2.75, 3.05) is 39.6 Å². The van der Waals surface area contributed by atoms with Crippen molar-refractivity contribution < 1.29 is 80.2 Å². The third kappa shape index (κ3) is 78.0. The number of carbonyl (C=O) groups is 4. The molecule has 0 aromatic heterocycles. The summed E-state index contributed by atoms with van der Waals surface area (Å²) in [7, 11) is -9.92. The summed E-state index contributed by atoms with van der Waals surface area (Å²) in [5.74, 6) is 0.978. The van der Waals surface area contributed by atoms with E-state index in [4.69, 9.17) is 37.0 Å². The van der Waals surface area contributed by atoms with Crippen molar-refractivity contribution in [1.82, 2.24) is 0 Å². The Labute approximate surface area is 632 Å². The van der Waals surface area contributed by atoms with Gasteiger partial charge in [-0.2, -0.15) is 0 Å². The Morgan fingerprint density at radius 3 is 0.602 bits per heavy atom. The molecule has 0 saturated carbocycles. The predicted octanol–water partition coefficient (Wildman–Crippen LogP) is 25.2. The molecule has 17 nitrogen and oxygen atoms in total. The summed E-state index contributed by atoms with van der Waals surface area (Å²) in [6, 6.07) is 0. The van der Waals surface area contributed by atoms with E-state index in [1.807, 2.05) is 0 Å². The lowest BCUT2D eigenvalue weighted by Gasteiger charge is -2.21. The molecule has 0 aliphatic heterocycles. The first-order chi connectivity index (χ1) is 49.6. The molecular weight excluding hydrogens is 1340 g/mol. The van der Waals surface area contributed by atoms with Crippen LogP contribution < -0.4 is 0 Å². The summed E-state index contributed by atoms with van der Waals surface area (Å²) >= 11 is 0. The molecule has 0 aliphatic rings. The molecule has 0 heterocycles. The van der Waals surface area contributed by atoms with E-state index in [0.29, 0.717) is 31.6 Å². The van der Waals surface area contributed by atoms with Gasteiger partial charge in [-0.1, -0.05) is 383 Å². The van der Waals surface area contributed by atoms with Crippen LogP contribution in [0.15, 0.2) is 0 Å². The van der Waals surface area contributed by atoms with Gasteiger partial charge in [0.1, 0.15) is 19.3 Å². The van der Waals surface area contributed by atoms with Gasteiger partial charge in [-0.05, 0) is 49.4 Å². The highest BCUT2D eigenvalue weighted by molar-refractivity contribution is 7.47. The monoisotopic (exact) mass is 1510 g/mol. The van der Waals surface area contributed by atoms with E-state index in [1.54, 1.807) is 0 Å². The van der Waals surface area contributed by atoms with Gasteiger partial charge in [0, 0.05) is 25.7 Å². The molecule has 0 amide bonds. The van der Waals surface area contributed by atoms with Crippen molar-refractivity contribution in [3.05, 3.63) is 0 Å². The molecule has 0 fully saturated rings. The lowest BCUT2D eigenvalue weighted by Crippen LogP contribution is -2.30. The molecule has 103 heavy (non-hydrogen) atoms. The Bertz CT molecular complexity index is 2010. The van der Waals surface area contributed by atoms with E-state index in [2.05, 4.69) is 55.4 Å². The van der Waals surface area contributed by atoms with Gasteiger partial charge in [0.05, 0.1) is 26.4 Å². The minimum atomic E-state index is -4.97. The molecule has 3 unspecified atom stereocenters. The third-order valence-corrected chi connectivity index (χ3v) is 21.5. The first-order valence-electron chi connectivity index (χ1n) is 43.2. The van der Waals surface area contributed by atoms with E-state index in [-0.39, 0.29) is 25.7 Å². The van der Waals surface area contributed by atoms with Crippen molar-refractivity contribution >= 4 is 39.5 Å². The van der Waals surface area contributed by atoms with E-state index in [0.717, 1.165) is 114 Å². The topological polar surface area (TPSA) is 237 Å². The summed E-state index contributed by atoms with van der Waals surface area (Å²) in [4.78, 5) is 73.1. The van der Waals surface area contributed by atoms with Gasteiger partial charge >= 0.3 is 39.5 Å². The van der Waals surface area contributed by atoms with E-state index in [1.165, 1.54) is 231 Å². The van der Waals surface area contributed by atoms with Crippen LogP contribution in [0.3, 0.4) is 0 Å². The number of ether oxygens (including phenoxy) is 4. The zero-order chi connectivity index (χ0) is 76.0. The fourth-order valence-corrected chi connectivity index (χ4v) is 14.5. The molecular formula is C84H164O17P2. The Hall–Kier alpha value is -1.94. The van der Waals surface area contributed by atoms with E-state index >= 15 is 0 Å². The number of aliphatic hydroxyl groups excluding tert-OH is 1. The summed E-state index contributed by atoms with van der Waals surface area (Å²) < 4.78 is 68.8. The van der Waals surface area contributed by atoms with Gasteiger partial charge < -0.3 is 33.8 Å². The SMILES string of the molecule is CC(C)CCCCCCCCCCCCCCCCCCCCC(=O)O[C@H](COC(=O)CCCCCCCCCCCCCCCCCCC(C)C)COP(=O)(O)OCC(O)COP(=O)(O)OC[C@@H](COC(=O)CCCCCCCCCC(C)C)OC(=O)CCCCCCCCCCCCC(C)C. The second kappa shape index (κ2) is 72.9. The summed E-state index contributed by atoms with van der Waals surface area (Å²) in [6.45, 7) is 14.3. The Kier molecular flexibility index (Phi) is 71.5. The van der Waals surface area contributed by atoms with Crippen LogP contribution in [0.25, 0.3) is 0 Å². The number of esters is 4. The van der Waals surface area contributed by atoms with Crippen LogP contribution in [0.2, 0.25) is 0 Å². The molecule has 0 radical (unpaired) electrons. The highest BCUT2D eigenvalue weighted by Crippen LogP contribution is 2.45. The summed E-state index contributed by atoms with van der Waals surface area (Å²) in [5.41, 5.74) is 0. The van der Waals surface area contributed by atoms with Crippen LogP contribution in [-0.4, -0.2) is 96.7 Å². The average molecular weight is 1510 g/mol. The van der Waals surface area contributed by atoms with Crippen molar-refractivity contribution in [3.63, 3.8) is 0 Å². The van der Waals surface area contributed by atoms with Crippen LogP contribution in [0.1, 0.15) is 434 Å². The maximum atomic E-state index is 13.1. The average Bonchev–Trinajstić information content (AvgIpc) is 0.911. The maximum absolute atomic E-state index is 13.1. The zero-order valence-corrected chi connectivity index (χ0v) is 69.7. The van der Waals surface area contributed by atoms with Crippen LogP contribution in [0.5, 0.6) is 0 Å². The summed E-state index contributed by atoms with van der Waals surface area (Å²) in [6.07, 6.45) is 61.3. The van der Waals surface area contributed by atoms with Crippen LogP contribution >= 0.6 is 15.6 Å².